The van der Waals surface area contributed by atoms with E-state index in [4.69, 9.17) is 14.2 Å². The Bertz CT molecular complexity index is 765. The van der Waals surface area contributed by atoms with Crippen LogP contribution in [0.5, 0.6) is 5.75 Å². The number of carbonyl (C=O) groups is 2. The zero-order valence-electron chi connectivity index (χ0n) is 15.6. The van der Waals surface area contributed by atoms with E-state index >= 15 is 0 Å². The first-order valence-electron chi connectivity index (χ1n) is 8.38. The molecular formula is C18H23N3O5S. The van der Waals surface area contributed by atoms with Crippen LogP contribution >= 0.6 is 11.3 Å². The average Bonchev–Trinajstić information content (AvgIpc) is 3.14. The summed E-state index contributed by atoms with van der Waals surface area (Å²) in [5.41, 5.74) is 0.812. The Morgan fingerprint density at radius 3 is 2.74 bits per heavy atom. The minimum Gasteiger partial charge on any atom is -0.495 e. The highest BCUT2D eigenvalue weighted by Gasteiger charge is 2.19. The molecule has 0 saturated heterocycles. The zero-order chi connectivity index (χ0) is 19.6. The third-order valence-electron chi connectivity index (χ3n) is 3.56. The molecule has 0 radical (unpaired) electrons. The number of aromatic nitrogens is 1. The molecule has 1 N–H and O–H groups in total. The van der Waals surface area contributed by atoms with Crippen LogP contribution in [0.3, 0.4) is 0 Å². The topological polar surface area (TPSA) is 90.0 Å². The predicted octanol–water partition coefficient (Wildman–Crippen LogP) is 3.01. The summed E-state index contributed by atoms with van der Waals surface area (Å²) in [6.07, 6.45) is 0. The van der Waals surface area contributed by atoms with Crippen LogP contribution in [0.25, 0.3) is 0 Å². The van der Waals surface area contributed by atoms with Crippen LogP contribution in [0.4, 0.5) is 10.5 Å². The number of esters is 1. The number of urea groups is 1. The maximum Gasteiger partial charge on any atom is 0.357 e. The van der Waals surface area contributed by atoms with E-state index in [1.54, 1.807) is 43.6 Å². The molecule has 2 rings (SSSR count). The van der Waals surface area contributed by atoms with Crippen molar-refractivity contribution < 1.29 is 23.8 Å². The Morgan fingerprint density at radius 2 is 2.04 bits per heavy atom. The second-order valence-corrected chi connectivity index (χ2v) is 6.33. The number of carbonyl (C=O) groups excluding carboxylic acids is 2. The van der Waals surface area contributed by atoms with E-state index in [1.165, 1.54) is 11.3 Å². The summed E-state index contributed by atoms with van der Waals surface area (Å²) < 4.78 is 15.3. The standard InChI is InChI=1S/C18H23N3O5S/c1-4-26-17(22)14-12-27-16(19-14)11-21(9-10-24-2)18(23)20-13-7-5-6-8-15(13)25-3/h5-8,12H,4,9-11H2,1-3H3,(H,20,23). The predicted molar refractivity (Wildman–Crippen MR) is 102 cm³/mol. The number of thiazole rings is 1. The SMILES string of the molecule is CCOC(=O)c1csc(CN(CCOC)C(=O)Nc2ccccc2OC)n1. The van der Waals surface area contributed by atoms with Crippen LogP contribution in [-0.2, 0) is 16.0 Å². The fourth-order valence-corrected chi connectivity index (χ4v) is 3.02. The number of amides is 2. The monoisotopic (exact) mass is 393 g/mol. The number of hydrogen-bond acceptors (Lipinski definition) is 7. The smallest absolute Gasteiger partial charge is 0.357 e. The summed E-state index contributed by atoms with van der Waals surface area (Å²) in [4.78, 5) is 30.3. The summed E-state index contributed by atoms with van der Waals surface area (Å²) in [6.45, 7) is 3.00. The number of para-hydroxylation sites is 2. The third-order valence-corrected chi connectivity index (χ3v) is 4.40. The lowest BCUT2D eigenvalue weighted by Gasteiger charge is -2.22. The molecule has 2 aromatic rings. The molecule has 0 bridgehead atoms. The maximum absolute atomic E-state index is 12.7. The highest BCUT2D eigenvalue weighted by atomic mass is 32.1. The van der Waals surface area contributed by atoms with Gasteiger partial charge in [-0.25, -0.2) is 14.6 Å². The minimum absolute atomic E-state index is 0.244. The first kappa shape index (κ1) is 20.7. The van der Waals surface area contributed by atoms with E-state index in [-0.39, 0.29) is 24.9 Å². The lowest BCUT2D eigenvalue weighted by atomic mass is 10.3. The largest absolute Gasteiger partial charge is 0.495 e. The Kier molecular flexibility index (Phi) is 8.02. The van der Waals surface area contributed by atoms with Gasteiger partial charge >= 0.3 is 12.0 Å². The lowest BCUT2D eigenvalue weighted by molar-refractivity contribution is 0.0520. The van der Waals surface area contributed by atoms with Crippen LogP contribution < -0.4 is 10.1 Å². The van der Waals surface area contributed by atoms with E-state index < -0.39 is 5.97 Å². The average molecular weight is 393 g/mol. The molecule has 0 aliphatic heterocycles. The molecule has 27 heavy (non-hydrogen) atoms. The van der Waals surface area contributed by atoms with Gasteiger partial charge < -0.3 is 24.4 Å². The van der Waals surface area contributed by atoms with Crippen LogP contribution in [0.1, 0.15) is 22.4 Å². The van der Waals surface area contributed by atoms with E-state index in [0.717, 1.165) is 0 Å². The van der Waals surface area contributed by atoms with Crippen LogP contribution in [0, 0.1) is 0 Å². The minimum atomic E-state index is -0.470. The molecule has 1 heterocycles. The molecule has 1 aromatic carbocycles. The molecule has 0 spiro atoms. The number of rotatable bonds is 9. The summed E-state index contributed by atoms with van der Waals surface area (Å²) >= 11 is 1.30. The summed E-state index contributed by atoms with van der Waals surface area (Å²) in [7, 11) is 3.11. The van der Waals surface area contributed by atoms with Crippen molar-refractivity contribution in [2.75, 3.05) is 39.3 Å². The van der Waals surface area contributed by atoms with Gasteiger partial charge in [0.05, 0.1) is 32.6 Å². The molecule has 0 unspecified atom stereocenters. The van der Waals surface area contributed by atoms with Gasteiger partial charge in [-0.2, -0.15) is 0 Å². The van der Waals surface area contributed by atoms with Crippen LogP contribution in [0.2, 0.25) is 0 Å². The normalized spacial score (nSPS) is 10.3. The molecular weight excluding hydrogens is 370 g/mol. The second kappa shape index (κ2) is 10.5. The van der Waals surface area contributed by atoms with Crippen molar-refractivity contribution in [3.8, 4) is 5.75 Å². The number of hydrogen-bond donors (Lipinski definition) is 1. The summed E-state index contributed by atoms with van der Waals surface area (Å²) in [5, 5.41) is 5.09. The fourth-order valence-electron chi connectivity index (χ4n) is 2.24. The zero-order valence-corrected chi connectivity index (χ0v) is 16.4. The van der Waals surface area contributed by atoms with E-state index in [9.17, 15) is 9.59 Å². The van der Waals surface area contributed by atoms with Gasteiger partial charge in [-0.3, -0.25) is 0 Å². The van der Waals surface area contributed by atoms with Gasteiger partial charge in [0.1, 0.15) is 10.8 Å². The van der Waals surface area contributed by atoms with Gasteiger partial charge in [0.15, 0.2) is 5.69 Å². The second-order valence-electron chi connectivity index (χ2n) is 5.39. The van der Waals surface area contributed by atoms with E-state index in [0.29, 0.717) is 29.6 Å². The van der Waals surface area contributed by atoms with Gasteiger partial charge in [-0.05, 0) is 19.1 Å². The highest BCUT2D eigenvalue weighted by Crippen LogP contribution is 2.23. The van der Waals surface area contributed by atoms with Gasteiger partial charge in [0.25, 0.3) is 0 Å². The number of ether oxygens (including phenoxy) is 3. The van der Waals surface area contributed by atoms with E-state index in [2.05, 4.69) is 10.3 Å². The molecule has 0 saturated carbocycles. The van der Waals surface area contributed by atoms with Gasteiger partial charge in [0, 0.05) is 19.0 Å². The third kappa shape index (κ3) is 5.93. The van der Waals surface area contributed by atoms with Crippen LogP contribution in [-0.4, -0.2) is 55.9 Å². The fraction of sp³-hybridized carbons (Fsp3) is 0.389. The summed E-state index contributed by atoms with van der Waals surface area (Å²) in [6, 6.07) is 6.84. The Labute approximate surface area is 162 Å². The number of methoxy groups -OCH3 is 2. The first-order valence-corrected chi connectivity index (χ1v) is 9.26. The Morgan fingerprint density at radius 1 is 1.26 bits per heavy atom. The van der Waals surface area contributed by atoms with Gasteiger partial charge in [-0.1, -0.05) is 12.1 Å². The number of anilines is 1. The van der Waals surface area contributed by atoms with E-state index in [1.807, 2.05) is 12.1 Å². The van der Waals surface area contributed by atoms with Crippen molar-refractivity contribution in [2.45, 2.75) is 13.5 Å². The van der Waals surface area contributed by atoms with Crippen molar-refractivity contribution in [1.82, 2.24) is 9.88 Å². The van der Waals surface area contributed by atoms with Crippen molar-refractivity contribution in [3.63, 3.8) is 0 Å². The molecule has 8 nitrogen and oxygen atoms in total. The molecule has 1 aromatic heterocycles. The Hall–Kier alpha value is -2.65. The molecule has 0 aliphatic rings. The molecule has 146 valence electrons. The van der Waals surface area contributed by atoms with Crippen LogP contribution in [0.15, 0.2) is 29.6 Å². The molecule has 0 aliphatic carbocycles. The maximum atomic E-state index is 12.7. The van der Waals surface area contributed by atoms with Crippen molar-refractivity contribution in [3.05, 3.63) is 40.3 Å². The molecule has 0 fully saturated rings. The number of benzene rings is 1. The van der Waals surface area contributed by atoms with Gasteiger partial charge in [0.2, 0.25) is 0 Å². The quantitative estimate of drug-likeness (QED) is 0.659. The number of nitrogens with one attached hydrogen (secondary N) is 1. The Balaban J connectivity index is 2.10. The summed E-state index contributed by atoms with van der Waals surface area (Å²) in [5.74, 6) is 0.0957. The number of nitrogens with zero attached hydrogens (tertiary/aromatic N) is 2. The first-order chi connectivity index (χ1) is 13.1. The van der Waals surface area contributed by atoms with Gasteiger partial charge in [-0.15, -0.1) is 11.3 Å². The molecule has 2 amide bonds. The molecule has 9 heteroatoms. The lowest BCUT2D eigenvalue weighted by Crippen LogP contribution is -2.37. The molecule has 0 atom stereocenters. The van der Waals surface area contributed by atoms with Crippen molar-refractivity contribution >= 4 is 29.0 Å². The van der Waals surface area contributed by atoms with Crippen molar-refractivity contribution in [1.29, 1.82) is 0 Å². The highest BCUT2D eigenvalue weighted by molar-refractivity contribution is 7.09. The van der Waals surface area contributed by atoms with Crippen molar-refractivity contribution in [2.24, 2.45) is 0 Å².